The van der Waals surface area contributed by atoms with Crippen LogP contribution in [0.25, 0.3) is 43.4 Å². The molecule has 3 heterocycles. The van der Waals surface area contributed by atoms with Crippen LogP contribution in [0.4, 0.5) is 0 Å². The number of hydrogen-bond acceptors (Lipinski definition) is 10. The standard InChI is InChI=1S/C39H40N4O5S/c1-25-10-11-29(39-40-31-8-6-7-9-38(31)49-39)20-34(25)46-23-42-14-16-43(17-15-42)24-47-37-19-28(12-13-33(37)44-4)36-22-32(41-48-36)30-18-26(2)27(3)35(21-30)45-5/h6-13,18-22H,14-17,23-24H2,1-5H3. The first-order valence-corrected chi connectivity index (χ1v) is 17.2. The topological polar surface area (TPSA) is 82.3 Å². The second-order valence-corrected chi connectivity index (χ2v) is 13.3. The molecule has 0 atom stereocenters. The number of aryl methyl sites for hydroxylation is 2. The van der Waals surface area contributed by atoms with Gasteiger partial charge in [0.05, 0.1) is 24.4 Å². The van der Waals surface area contributed by atoms with Crippen molar-refractivity contribution in [2.45, 2.75) is 20.8 Å². The van der Waals surface area contributed by atoms with E-state index in [0.717, 1.165) is 87.3 Å². The van der Waals surface area contributed by atoms with Gasteiger partial charge in [-0.1, -0.05) is 29.4 Å². The molecule has 1 fully saturated rings. The maximum atomic E-state index is 6.33. The highest BCUT2D eigenvalue weighted by Gasteiger charge is 2.20. The van der Waals surface area contributed by atoms with E-state index >= 15 is 0 Å². The van der Waals surface area contributed by atoms with Crippen molar-refractivity contribution in [3.05, 3.63) is 95.6 Å². The maximum Gasteiger partial charge on any atom is 0.167 e. The zero-order valence-corrected chi connectivity index (χ0v) is 29.3. The van der Waals surface area contributed by atoms with E-state index in [1.807, 2.05) is 43.3 Å². The fourth-order valence-corrected chi connectivity index (χ4v) is 6.89. The number of methoxy groups -OCH3 is 2. The third-order valence-corrected chi connectivity index (χ3v) is 10.2. The molecule has 1 aliphatic heterocycles. The fourth-order valence-electron chi connectivity index (χ4n) is 5.93. The molecule has 9 nitrogen and oxygen atoms in total. The van der Waals surface area contributed by atoms with E-state index in [1.54, 1.807) is 25.6 Å². The van der Waals surface area contributed by atoms with Crippen molar-refractivity contribution < 1.29 is 23.5 Å². The van der Waals surface area contributed by atoms with E-state index < -0.39 is 0 Å². The molecule has 10 heteroatoms. The van der Waals surface area contributed by atoms with Gasteiger partial charge in [-0.3, -0.25) is 9.80 Å². The first-order chi connectivity index (χ1) is 23.9. The number of para-hydroxylation sites is 1. The third-order valence-electron chi connectivity index (χ3n) is 9.09. The first kappa shape index (κ1) is 32.6. The normalized spacial score (nSPS) is 13.9. The molecule has 0 spiro atoms. The van der Waals surface area contributed by atoms with Crippen molar-refractivity contribution in [2.75, 3.05) is 53.9 Å². The summed E-state index contributed by atoms with van der Waals surface area (Å²) in [6.45, 7) is 10.7. The van der Waals surface area contributed by atoms with Gasteiger partial charge >= 0.3 is 0 Å². The van der Waals surface area contributed by atoms with Crippen LogP contribution in [0.2, 0.25) is 0 Å². The molecule has 7 rings (SSSR count). The van der Waals surface area contributed by atoms with E-state index in [9.17, 15) is 0 Å². The molecule has 0 N–H and O–H groups in total. The average molecular weight is 677 g/mol. The molecule has 0 bridgehead atoms. The minimum absolute atomic E-state index is 0.446. The summed E-state index contributed by atoms with van der Waals surface area (Å²) in [4.78, 5) is 9.44. The fraction of sp³-hybridized carbons (Fsp3) is 0.282. The predicted molar refractivity (Wildman–Crippen MR) is 194 cm³/mol. The summed E-state index contributed by atoms with van der Waals surface area (Å²) in [5.74, 6) is 3.68. The van der Waals surface area contributed by atoms with Crippen molar-refractivity contribution in [1.82, 2.24) is 19.9 Å². The lowest BCUT2D eigenvalue weighted by Gasteiger charge is -2.34. The van der Waals surface area contributed by atoms with Gasteiger partial charge in [-0.05, 0) is 86.0 Å². The van der Waals surface area contributed by atoms with Crippen molar-refractivity contribution in [2.24, 2.45) is 0 Å². The Morgan fingerprint density at radius 3 is 2.08 bits per heavy atom. The molecule has 49 heavy (non-hydrogen) atoms. The van der Waals surface area contributed by atoms with Crippen molar-refractivity contribution in [3.63, 3.8) is 0 Å². The predicted octanol–water partition coefficient (Wildman–Crippen LogP) is 8.22. The van der Waals surface area contributed by atoms with Crippen LogP contribution in [0, 0.1) is 20.8 Å². The second-order valence-electron chi connectivity index (χ2n) is 12.3. The van der Waals surface area contributed by atoms with Crippen LogP contribution in [-0.2, 0) is 0 Å². The molecule has 6 aromatic rings. The number of piperazine rings is 1. The van der Waals surface area contributed by atoms with Gasteiger partial charge in [0.1, 0.15) is 35.7 Å². The number of rotatable bonds is 11. The van der Waals surface area contributed by atoms with Gasteiger partial charge in [0.2, 0.25) is 0 Å². The number of nitrogens with zero attached hydrogens (tertiary/aromatic N) is 4. The molecule has 4 aromatic carbocycles. The molecule has 0 saturated carbocycles. The Morgan fingerprint density at radius 1 is 0.673 bits per heavy atom. The molecule has 0 amide bonds. The molecular formula is C39H40N4O5S. The van der Waals surface area contributed by atoms with Gasteiger partial charge in [-0.15, -0.1) is 11.3 Å². The lowest BCUT2D eigenvalue weighted by molar-refractivity contribution is 0.0324. The summed E-state index contributed by atoms with van der Waals surface area (Å²) >= 11 is 1.70. The third kappa shape index (κ3) is 7.12. The summed E-state index contributed by atoms with van der Waals surface area (Å²) in [7, 11) is 3.33. The van der Waals surface area contributed by atoms with Crippen LogP contribution in [0.3, 0.4) is 0 Å². The summed E-state index contributed by atoms with van der Waals surface area (Å²) < 4.78 is 30.8. The minimum Gasteiger partial charge on any atom is -0.496 e. The molecule has 0 radical (unpaired) electrons. The number of aromatic nitrogens is 2. The van der Waals surface area contributed by atoms with Gasteiger partial charge in [-0.2, -0.15) is 0 Å². The summed E-state index contributed by atoms with van der Waals surface area (Å²) in [5.41, 5.74) is 8.00. The van der Waals surface area contributed by atoms with Crippen molar-refractivity contribution in [1.29, 1.82) is 0 Å². The van der Waals surface area contributed by atoms with Gasteiger partial charge in [0.15, 0.2) is 17.3 Å². The molecule has 252 valence electrons. The van der Waals surface area contributed by atoms with Gasteiger partial charge in [0.25, 0.3) is 0 Å². The zero-order valence-electron chi connectivity index (χ0n) is 28.5. The molecule has 0 unspecified atom stereocenters. The molecule has 2 aromatic heterocycles. The minimum atomic E-state index is 0.446. The number of ether oxygens (including phenoxy) is 4. The Labute approximate surface area is 290 Å². The van der Waals surface area contributed by atoms with Gasteiger partial charge < -0.3 is 23.5 Å². The van der Waals surface area contributed by atoms with Gasteiger partial charge in [0, 0.05) is 48.9 Å². The van der Waals surface area contributed by atoms with Crippen LogP contribution >= 0.6 is 11.3 Å². The summed E-state index contributed by atoms with van der Waals surface area (Å²) in [6.07, 6.45) is 0. The SMILES string of the molecule is COc1ccc(-c2cc(-c3cc(C)c(C)c(OC)c3)no2)cc1OCN1CCN(COc2cc(-c3nc4ccccc4s3)ccc2C)CC1. The van der Waals surface area contributed by atoms with E-state index in [-0.39, 0.29) is 0 Å². The number of thiazole rings is 1. The number of fused-ring (bicyclic) bond motifs is 1. The van der Waals surface area contributed by atoms with E-state index in [2.05, 4.69) is 71.3 Å². The lowest BCUT2D eigenvalue weighted by atomic mass is 10.0. The molecule has 1 saturated heterocycles. The molecule has 0 aliphatic carbocycles. The highest BCUT2D eigenvalue weighted by atomic mass is 32.1. The number of hydrogen-bond donors (Lipinski definition) is 0. The van der Waals surface area contributed by atoms with E-state index in [1.165, 1.54) is 4.70 Å². The van der Waals surface area contributed by atoms with Crippen LogP contribution in [-0.4, -0.2) is 73.8 Å². The van der Waals surface area contributed by atoms with Crippen LogP contribution in [0.15, 0.2) is 83.4 Å². The Kier molecular flexibility index (Phi) is 9.52. The van der Waals surface area contributed by atoms with Gasteiger partial charge in [-0.25, -0.2) is 4.98 Å². The van der Waals surface area contributed by atoms with Crippen LogP contribution < -0.4 is 18.9 Å². The quantitative estimate of drug-likeness (QED) is 0.135. The van der Waals surface area contributed by atoms with Crippen LogP contribution in [0.1, 0.15) is 16.7 Å². The molecular weight excluding hydrogens is 637 g/mol. The Hall–Kier alpha value is -4.90. The Bertz CT molecular complexity index is 2050. The zero-order chi connectivity index (χ0) is 33.9. The smallest absolute Gasteiger partial charge is 0.167 e. The summed E-state index contributed by atoms with van der Waals surface area (Å²) in [5, 5.41) is 5.35. The maximum absolute atomic E-state index is 6.33. The molecule has 1 aliphatic rings. The second kappa shape index (κ2) is 14.3. The van der Waals surface area contributed by atoms with E-state index in [0.29, 0.717) is 30.7 Å². The first-order valence-electron chi connectivity index (χ1n) is 16.4. The van der Waals surface area contributed by atoms with Crippen LogP contribution in [0.5, 0.6) is 23.0 Å². The van der Waals surface area contributed by atoms with E-state index in [4.69, 9.17) is 28.5 Å². The van der Waals surface area contributed by atoms with Crippen molar-refractivity contribution in [3.8, 4) is 56.2 Å². The lowest BCUT2D eigenvalue weighted by Crippen LogP contribution is -2.48. The highest BCUT2D eigenvalue weighted by Crippen LogP contribution is 2.36. The average Bonchev–Trinajstić information content (AvgIpc) is 3.80. The number of benzene rings is 4. The van der Waals surface area contributed by atoms with Crippen molar-refractivity contribution >= 4 is 21.6 Å². The summed E-state index contributed by atoms with van der Waals surface area (Å²) in [6, 6.07) is 26.4. The Morgan fingerprint density at radius 2 is 1.35 bits per heavy atom. The highest BCUT2D eigenvalue weighted by molar-refractivity contribution is 7.21. The monoisotopic (exact) mass is 676 g/mol. The Balaban J connectivity index is 0.945. The largest absolute Gasteiger partial charge is 0.496 e.